The van der Waals surface area contributed by atoms with Gasteiger partial charge in [-0.1, -0.05) is 0 Å². The highest BCUT2D eigenvalue weighted by Gasteiger charge is 2.52. The van der Waals surface area contributed by atoms with Crippen LogP contribution in [0.4, 0.5) is 0 Å². The lowest BCUT2D eigenvalue weighted by molar-refractivity contribution is -0.255. The van der Waals surface area contributed by atoms with E-state index in [1.54, 1.807) is 0 Å². The van der Waals surface area contributed by atoms with Crippen LogP contribution in [0.5, 0.6) is 17.2 Å². The summed E-state index contributed by atoms with van der Waals surface area (Å²) in [6.45, 7) is 6.70. The van der Waals surface area contributed by atoms with Crippen LogP contribution in [-0.2, 0) is 57.2 Å². The van der Waals surface area contributed by atoms with Gasteiger partial charge in [0.05, 0.1) is 0 Å². The fraction of sp³-hybridized carbons (Fsp3) is 0.481. The van der Waals surface area contributed by atoms with Crippen molar-refractivity contribution in [3.8, 4) is 17.2 Å². The lowest BCUT2D eigenvalue weighted by Gasteiger charge is -2.44. The minimum absolute atomic E-state index is 0.346. The molecule has 0 radical (unpaired) electrons. The SMILES string of the molecule is CC(=O)OC[C@H]1O[C@@H](NC(=O)c2cc(OC(C)=O)c(OC(C)=O)c(OC(C)=O)c2)[C@H](OC(C)=O)[C@@H](OC(C)=O)[C@@H]1OC(C)=O. The van der Waals surface area contributed by atoms with Gasteiger partial charge in [-0.05, 0) is 12.1 Å². The third-order valence-corrected chi connectivity index (χ3v) is 5.30. The van der Waals surface area contributed by atoms with E-state index in [1.807, 2.05) is 0 Å². The van der Waals surface area contributed by atoms with E-state index in [0.717, 1.165) is 60.6 Å². The summed E-state index contributed by atoms with van der Waals surface area (Å²) in [4.78, 5) is 96.2. The number of amides is 1. The molecule has 1 aliphatic heterocycles. The van der Waals surface area contributed by atoms with Crippen LogP contribution in [-0.4, -0.2) is 84.9 Å². The lowest BCUT2D eigenvalue weighted by atomic mass is 9.97. The fourth-order valence-electron chi connectivity index (χ4n) is 3.97. The first-order valence-electron chi connectivity index (χ1n) is 12.8. The number of rotatable bonds is 10. The normalized spacial score (nSPS) is 20.7. The smallest absolute Gasteiger partial charge is 0.308 e. The molecule has 1 N–H and O–H groups in total. The minimum atomic E-state index is -1.65. The molecule has 0 spiro atoms. The van der Waals surface area contributed by atoms with Crippen LogP contribution >= 0.6 is 0 Å². The molecule has 17 nitrogen and oxygen atoms in total. The first kappa shape index (κ1) is 35.1. The summed E-state index contributed by atoms with van der Waals surface area (Å²) in [5.74, 6) is -8.49. The summed E-state index contributed by atoms with van der Waals surface area (Å²) in [6.07, 6.45) is -7.67. The molecule has 0 unspecified atom stereocenters. The van der Waals surface area contributed by atoms with Gasteiger partial charge in [-0.2, -0.15) is 0 Å². The highest BCUT2D eigenvalue weighted by atomic mass is 16.7. The van der Waals surface area contributed by atoms with E-state index in [4.69, 9.17) is 37.9 Å². The molecule has 0 aromatic heterocycles. The number of ether oxygens (including phenoxy) is 8. The molecule has 17 heteroatoms. The van der Waals surface area contributed by atoms with Crippen LogP contribution in [0.15, 0.2) is 12.1 Å². The highest BCUT2D eigenvalue weighted by molar-refractivity contribution is 5.96. The first-order chi connectivity index (χ1) is 20.5. The lowest BCUT2D eigenvalue weighted by Crippen LogP contribution is -2.66. The molecule has 44 heavy (non-hydrogen) atoms. The van der Waals surface area contributed by atoms with E-state index >= 15 is 0 Å². The summed E-state index contributed by atoms with van der Waals surface area (Å²) in [5.41, 5.74) is -0.346. The van der Waals surface area contributed by atoms with Crippen molar-refractivity contribution < 1.29 is 76.3 Å². The molecule has 1 heterocycles. The Hall–Kier alpha value is -5.06. The molecule has 240 valence electrons. The van der Waals surface area contributed by atoms with Crippen LogP contribution in [0.25, 0.3) is 0 Å². The zero-order valence-corrected chi connectivity index (χ0v) is 24.8. The van der Waals surface area contributed by atoms with Crippen molar-refractivity contribution in [2.45, 2.75) is 79.1 Å². The Kier molecular flexibility index (Phi) is 12.3. The number of nitrogens with one attached hydrogen (secondary N) is 1. The predicted molar refractivity (Wildman–Crippen MR) is 140 cm³/mol. The topological polar surface area (TPSA) is 222 Å². The standard InChI is InChI=1S/C27H31NO16/c1-11(29)37-10-21-23(41-15(5)33)24(42-16(6)34)25(43-17(7)35)27(44-21)28-26(36)18-8-19(38-12(2)30)22(40-14(4)32)20(9-18)39-13(3)31/h8-9,21,23-25,27H,10H2,1-7H3,(H,28,36)/t21-,23-,24+,25-,27-/m1/s1. The monoisotopic (exact) mass is 625 g/mol. The van der Waals surface area contributed by atoms with Gasteiger partial charge in [0.15, 0.2) is 36.0 Å². The molecule has 2 rings (SSSR count). The average molecular weight is 626 g/mol. The van der Waals surface area contributed by atoms with Crippen LogP contribution in [0, 0.1) is 0 Å². The Morgan fingerprint density at radius 1 is 0.614 bits per heavy atom. The van der Waals surface area contributed by atoms with Gasteiger partial charge in [0.25, 0.3) is 5.91 Å². The minimum Gasteiger partial charge on any atom is -0.463 e. The summed E-state index contributed by atoms with van der Waals surface area (Å²) >= 11 is 0. The average Bonchev–Trinajstić information content (AvgIpc) is 2.86. The second-order valence-electron chi connectivity index (χ2n) is 9.18. The zero-order valence-electron chi connectivity index (χ0n) is 24.8. The summed E-state index contributed by atoms with van der Waals surface area (Å²) in [7, 11) is 0. The van der Waals surface area contributed by atoms with E-state index in [0.29, 0.717) is 0 Å². The largest absolute Gasteiger partial charge is 0.463 e. The van der Waals surface area contributed by atoms with Crippen molar-refractivity contribution in [1.29, 1.82) is 0 Å². The van der Waals surface area contributed by atoms with Crippen molar-refractivity contribution in [3.63, 3.8) is 0 Å². The van der Waals surface area contributed by atoms with Gasteiger partial charge in [0.2, 0.25) is 5.75 Å². The van der Waals surface area contributed by atoms with Gasteiger partial charge in [-0.15, -0.1) is 0 Å². The maximum absolute atomic E-state index is 13.5. The molecule has 1 amide bonds. The zero-order chi connectivity index (χ0) is 33.3. The Balaban J connectivity index is 2.63. The maximum Gasteiger partial charge on any atom is 0.308 e. The van der Waals surface area contributed by atoms with Gasteiger partial charge >= 0.3 is 41.8 Å². The molecule has 0 bridgehead atoms. The molecule has 1 aromatic rings. The van der Waals surface area contributed by atoms with Gasteiger partial charge in [-0.3, -0.25) is 38.4 Å². The van der Waals surface area contributed by atoms with E-state index < -0.39 is 102 Å². The van der Waals surface area contributed by atoms with Crippen LogP contribution in [0.3, 0.4) is 0 Å². The van der Waals surface area contributed by atoms with Crippen LogP contribution in [0.1, 0.15) is 58.8 Å². The Labute approximate surface area is 250 Å². The molecular weight excluding hydrogens is 594 g/mol. The van der Waals surface area contributed by atoms with Gasteiger partial charge in [0, 0.05) is 54.0 Å². The second kappa shape index (κ2) is 15.4. The third kappa shape index (κ3) is 10.3. The van der Waals surface area contributed by atoms with E-state index in [9.17, 15) is 38.4 Å². The van der Waals surface area contributed by atoms with Crippen molar-refractivity contribution in [3.05, 3.63) is 17.7 Å². The molecule has 0 aliphatic carbocycles. The van der Waals surface area contributed by atoms with Crippen molar-refractivity contribution in [2.75, 3.05) is 6.61 Å². The van der Waals surface area contributed by atoms with Gasteiger partial charge in [-0.25, -0.2) is 0 Å². The van der Waals surface area contributed by atoms with E-state index in [1.165, 1.54) is 0 Å². The highest BCUT2D eigenvalue weighted by Crippen LogP contribution is 2.40. The Morgan fingerprint density at radius 2 is 1.07 bits per heavy atom. The van der Waals surface area contributed by atoms with Crippen molar-refractivity contribution in [1.82, 2.24) is 5.32 Å². The molecule has 1 fully saturated rings. The molecule has 1 aliphatic rings. The molecule has 0 saturated carbocycles. The van der Waals surface area contributed by atoms with Crippen molar-refractivity contribution >= 4 is 47.7 Å². The maximum atomic E-state index is 13.5. The molecule has 1 aromatic carbocycles. The van der Waals surface area contributed by atoms with Crippen LogP contribution in [0.2, 0.25) is 0 Å². The van der Waals surface area contributed by atoms with Gasteiger partial charge < -0.3 is 43.2 Å². The molecule has 5 atom stereocenters. The molecular formula is C27H31NO16. The van der Waals surface area contributed by atoms with Gasteiger partial charge in [0.1, 0.15) is 12.7 Å². The quantitative estimate of drug-likeness (QED) is 0.209. The van der Waals surface area contributed by atoms with Crippen LogP contribution < -0.4 is 19.5 Å². The van der Waals surface area contributed by atoms with E-state index in [-0.39, 0.29) is 5.56 Å². The number of hydrogen-bond donors (Lipinski definition) is 1. The number of benzene rings is 1. The third-order valence-electron chi connectivity index (χ3n) is 5.30. The predicted octanol–water partition coefficient (Wildman–Crippen LogP) is 0.275. The Morgan fingerprint density at radius 3 is 1.50 bits per heavy atom. The second-order valence-corrected chi connectivity index (χ2v) is 9.18. The summed E-state index contributed by atoms with van der Waals surface area (Å²) < 4.78 is 41.9. The number of carbonyl (C=O) groups excluding carboxylic acids is 8. The Bertz CT molecular complexity index is 1300. The summed E-state index contributed by atoms with van der Waals surface area (Å²) in [6, 6.07) is 1.96. The van der Waals surface area contributed by atoms with E-state index in [2.05, 4.69) is 5.32 Å². The number of hydrogen-bond acceptors (Lipinski definition) is 16. The number of carbonyl (C=O) groups is 8. The molecule has 1 saturated heterocycles. The first-order valence-corrected chi connectivity index (χ1v) is 12.8. The van der Waals surface area contributed by atoms with Crippen molar-refractivity contribution in [2.24, 2.45) is 0 Å². The number of esters is 7. The fourth-order valence-corrected chi connectivity index (χ4v) is 3.97. The summed E-state index contributed by atoms with van der Waals surface area (Å²) in [5, 5.41) is 2.41.